The number of nitrogens with zero attached hydrogens (tertiary/aromatic N) is 2. The molecule has 0 aliphatic rings. The molecule has 1 aromatic heterocycles. The topological polar surface area (TPSA) is 51.0 Å². The van der Waals surface area contributed by atoms with Crippen molar-refractivity contribution in [2.45, 2.75) is 33.2 Å². The largest absolute Gasteiger partial charge is 0.339 e. The highest BCUT2D eigenvalue weighted by Gasteiger charge is 2.08. The van der Waals surface area contributed by atoms with Crippen LogP contribution in [0.25, 0.3) is 0 Å². The standard InChI is InChI=1S/C9H17N3O/c1-4-7(2)5-9-11-8(6-10-3)12-13-9/h7,10H,4-6H2,1-3H3. The monoisotopic (exact) mass is 183 g/mol. The van der Waals surface area contributed by atoms with Crippen LogP contribution in [0.4, 0.5) is 0 Å². The summed E-state index contributed by atoms with van der Waals surface area (Å²) in [6.45, 7) is 5.02. The minimum absolute atomic E-state index is 0.614. The molecule has 1 aromatic rings. The average Bonchev–Trinajstić information content (AvgIpc) is 2.53. The maximum atomic E-state index is 5.09. The third-order valence-electron chi connectivity index (χ3n) is 2.07. The first-order chi connectivity index (χ1) is 6.26. The highest BCUT2D eigenvalue weighted by Crippen LogP contribution is 2.09. The third-order valence-corrected chi connectivity index (χ3v) is 2.07. The molecule has 0 radical (unpaired) electrons. The molecule has 74 valence electrons. The Balaban J connectivity index is 2.48. The average molecular weight is 183 g/mol. The van der Waals surface area contributed by atoms with Crippen LogP contribution in [-0.4, -0.2) is 17.2 Å². The van der Waals surface area contributed by atoms with E-state index in [0.717, 1.165) is 24.6 Å². The fraction of sp³-hybridized carbons (Fsp3) is 0.778. The van der Waals surface area contributed by atoms with Crippen LogP contribution in [0.3, 0.4) is 0 Å². The zero-order chi connectivity index (χ0) is 9.68. The van der Waals surface area contributed by atoms with E-state index in [9.17, 15) is 0 Å². The van der Waals surface area contributed by atoms with Gasteiger partial charge in [-0.2, -0.15) is 4.98 Å². The molecule has 0 aliphatic heterocycles. The van der Waals surface area contributed by atoms with Crippen LogP contribution in [0.15, 0.2) is 4.52 Å². The molecule has 0 bridgehead atoms. The van der Waals surface area contributed by atoms with Gasteiger partial charge in [0.15, 0.2) is 5.82 Å². The van der Waals surface area contributed by atoms with E-state index < -0.39 is 0 Å². The summed E-state index contributed by atoms with van der Waals surface area (Å²) in [5, 5.41) is 6.82. The van der Waals surface area contributed by atoms with Gasteiger partial charge in [0.05, 0.1) is 6.54 Å². The Hall–Kier alpha value is -0.900. The van der Waals surface area contributed by atoms with Crippen molar-refractivity contribution >= 4 is 0 Å². The van der Waals surface area contributed by atoms with E-state index in [2.05, 4.69) is 29.3 Å². The van der Waals surface area contributed by atoms with Crippen molar-refractivity contribution in [2.24, 2.45) is 5.92 Å². The van der Waals surface area contributed by atoms with E-state index in [1.165, 1.54) is 0 Å². The van der Waals surface area contributed by atoms with E-state index in [4.69, 9.17) is 4.52 Å². The van der Waals surface area contributed by atoms with E-state index in [-0.39, 0.29) is 0 Å². The highest BCUT2D eigenvalue weighted by molar-refractivity contribution is 4.86. The minimum Gasteiger partial charge on any atom is -0.339 e. The Kier molecular flexibility index (Phi) is 3.89. The second kappa shape index (κ2) is 4.97. The Bertz CT molecular complexity index is 247. The molecular formula is C9H17N3O. The third kappa shape index (κ3) is 3.14. The zero-order valence-corrected chi connectivity index (χ0v) is 8.50. The van der Waals surface area contributed by atoms with Gasteiger partial charge in [-0.1, -0.05) is 25.4 Å². The van der Waals surface area contributed by atoms with Crippen molar-refractivity contribution in [3.8, 4) is 0 Å². The van der Waals surface area contributed by atoms with Crippen molar-refractivity contribution in [3.63, 3.8) is 0 Å². The smallest absolute Gasteiger partial charge is 0.226 e. The van der Waals surface area contributed by atoms with Gasteiger partial charge < -0.3 is 9.84 Å². The lowest BCUT2D eigenvalue weighted by molar-refractivity contribution is 0.351. The Morgan fingerprint density at radius 3 is 2.92 bits per heavy atom. The van der Waals surface area contributed by atoms with Gasteiger partial charge in [0.2, 0.25) is 5.89 Å². The summed E-state index contributed by atoms with van der Waals surface area (Å²) < 4.78 is 5.09. The SMILES string of the molecule is CCC(C)Cc1nc(CNC)no1. The number of hydrogen-bond donors (Lipinski definition) is 1. The summed E-state index contributed by atoms with van der Waals surface area (Å²) in [6.07, 6.45) is 2.02. The molecule has 13 heavy (non-hydrogen) atoms. The molecule has 0 amide bonds. The van der Waals surface area contributed by atoms with Crippen molar-refractivity contribution in [3.05, 3.63) is 11.7 Å². The molecule has 1 N–H and O–H groups in total. The van der Waals surface area contributed by atoms with Crippen molar-refractivity contribution in [2.75, 3.05) is 7.05 Å². The molecular weight excluding hydrogens is 166 g/mol. The Morgan fingerprint density at radius 2 is 2.31 bits per heavy atom. The van der Waals surface area contributed by atoms with Crippen molar-refractivity contribution in [1.29, 1.82) is 0 Å². The van der Waals surface area contributed by atoms with Gasteiger partial charge in [0.25, 0.3) is 0 Å². The van der Waals surface area contributed by atoms with Gasteiger partial charge in [0.1, 0.15) is 0 Å². The van der Waals surface area contributed by atoms with Crippen molar-refractivity contribution < 1.29 is 4.52 Å². The van der Waals surface area contributed by atoms with Crippen LogP contribution in [0, 0.1) is 5.92 Å². The number of aromatic nitrogens is 2. The quantitative estimate of drug-likeness (QED) is 0.749. The first kappa shape index (κ1) is 10.2. The normalized spacial score (nSPS) is 13.2. The first-order valence-electron chi connectivity index (χ1n) is 4.72. The van der Waals surface area contributed by atoms with E-state index in [0.29, 0.717) is 12.5 Å². The molecule has 0 aliphatic carbocycles. The van der Waals surface area contributed by atoms with Gasteiger partial charge in [-0.05, 0) is 13.0 Å². The molecule has 0 fully saturated rings. The summed E-state index contributed by atoms with van der Waals surface area (Å²) in [5.41, 5.74) is 0. The fourth-order valence-electron chi connectivity index (χ4n) is 1.05. The molecule has 1 unspecified atom stereocenters. The molecule has 4 nitrogen and oxygen atoms in total. The fourth-order valence-corrected chi connectivity index (χ4v) is 1.05. The summed E-state index contributed by atoms with van der Waals surface area (Å²) >= 11 is 0. The first-order valence-corrected chi connectivity index (χ1v) is 4.72. The van der Waals surface area contributed by atoms with Crippen LogP contribution in [0.5, 0.6) is 0 Å². The Labute approximate surface area is 78.7 Å². The van der Waals surface area contributed by atoms with E-state index in [1.807, 2.05) is 7.05 Å². The van der Waals surface area contributed by atoms with Gasteiger partial charge in [-0.25, -0.2) is 0 Å². The second-order valence-electron chi connectivity index (χ2n) is 3.35. The van der Waals surface area contributed by atoms with Gasteiger partial charge in [-0.15, -0.1) is 0 Å². The molecule has 1 atom stereocenters. The molecule has 4 heteroatoms. The van der Waals surface area contributed by atoms with Crippen LogP contribution in [0.2, 0.25) is 0 Å². The van der Waals surface area contributed by atoms with Crippen LogP contribution >= 0.6 is 0 Å². The van der Waals surface area contributed by atoms with Gasteiger partial charge in [0, 0.05) is 6.42 Å². The summed E-state index contributed by atoms with van der Waals surface area (Å²) in [7, 11) is 1.87. The highest BCUT2D eigenvalue weighted by atomic mass is 16.5. The molecule has 1 heterocycles. The lowest BCUT2D eigenvalue weighted by Crippen LogP contribution is -2.06. The van der Waals surface area contributed by atoms with Crippen LogP contribution < -0.4 is 5.32 Å². The van der Waals surface area contributed by atoms with Crippen LogP contribution in [0.1, 0.15) is 32.0 Å². The van der Waals surface area contributed by atoms with Gasteiger partial charge >= 0.3 is 0 Å². The summed E-state index contributed by atoms with van der Waals surface area (Å²) in [5.74, 6) is 2.10. The summed E-state index contributed by atoms with van der Waals surface area (Å²) in [6, 6.07) is 0. The van der Waals surface area contributed by atoms with Crippen molar-refractivity contribution in [1.82, 2.24) is 15.5 Å². The number of hydrogen-bond acceptors (Lipinski definition) is 4. The molecule has 1 rings (SSSR count). The molecule has 0 saturated heterocycles. The minimum atomic E-state index is 0.614. The maximum absolute atomic E-state index is 5.09. The molecule has 0 aromatic carbocycles. The van der Waals surface area contributed by atoms with Gasteiger partial charge in [-0.3, -0.25) is 0 Å². The molecule has 0 spiro atoms. The zero-order valence-electron chi connectivity index (χ0n) is 8.50. The van der Waals surface area contributed by atoms with Crippen LogP contribution in [-0.2, 0) is 13.0 Å². The lowest BCUT2D eigenvalue weighted by atomic mass is 10.1. The molecule has 0 saturated carbocycles. The lowest BCUT2D eigenvalue weighted by Gasteiger charge is -2.01. The summed E-state index contributed by atoms with van der Waals surface area (Å²) in [4.78, 5) is 4.25. The predicted molar refractivity (Wildman–Crippen MR) is 50.2 cm³/mol. The van der Waals surface area contributed by atoms with E-state index >= 15 is 0 Å². The number of nitrogens with one attached hydrogen (secondary N) is 1. The second-order valence-corrected chi connectivity index (χ2v) is 3.35. The maximum Gasteiger partial charge on any atom is 0.226 e. The predicted octanol–water partition coefficient (Wildman–Crippen LogP) is 1.38. The Morgan fingerprint density at radius 1 is 1.54 bits per heavy atom. The number of rotatable bonds is 5. The van der Waals surface area contributed by atoms with E-state index in [1.54, 1.807) is 0 Å².